The topological polar surface area (TPSA) is 56.7 Å². The third-order valence-corrected chi connectivity index (χ3v) is 1.80. The van der Waals surface area contributed by atoms with Gasteiger partial charge in [0.25, 0.3) is 0 Å². The van der Waals surface area contributed by atoms with Crippen LogP contribution in [0.25, 0.3) is 11.5 Å². The predicted octanol–water partition coefficient (Wildman–Crippen LogP) is 1.61. The van der Waals surface area contributed by atoms with Crippen molar-refractivity contribution >= 4 is 11.6 Å². The van der Waals surface area contributed by atoms with Crippen molar-refractivity contribution in [1.29, 1.82) is 0 Å². The molecule has 6 heteroatoms. The van der Waals surface area contributed by atoms with E-state index < -0.39 is 0 Å². The van der Waals surface area contributed by atoms with Crippen molar-refractivity contribution in [2.75, 3.05) is 0 Å². The molecule has 0 aliphatic rings. The number of hydrogen-bond acceptors (Lipinski definition) is 4. The summed E-state index contributed by atoms with van der Waals surface area (Å²) < 4.78 is 6.42. The molecule has 5 nitrogen and oxygen atoms in total. The molecular formula is C7H7ClN4O. The molecule has 0 amide bonds. The summed E-state index contributed by atoms with van der Waals surface area (Å²) >= 11 is 5.50. The molecule has 68 valence electrons. The number of rotatable bonds is 2. The fraction of sp³-hybridized carbons (Fsp3) is 0.286. The second-order valence-corrected chi connectivity index (χ2v) is 2.73. The molecule has 0 aliphatic carbocycles. The molecule has 0 atom stereocenters. The first-order chi connectivity index (χ1) is 6.31. The minimum atomic E-state index is 0.0406. The van der Waals surface area contributed by atoms with Gasteiger partial charge >= 0.3 is 5.35 Å². The number of aryl methyl sites for hydroxylation is 1. The van der Waals surface area contributed by atoms with E-state index in [0.717, 1.165) is 12.2 Å². The Labute approximate surface area is 79.3 Å². The van der Waals surface area contributed by atoms with Crippen molar-refractivity contribution in [1.82, 2.24) is 19.9 Å². The Balaban J connectivity index is 2.45. The van der Waals surface area contributed by atoms with E-state index in [0.29, 0.717) is 5.82 Å². The van der Waals surface area contributed by atoms with Crippen molar-refractivity contribution < 1.29 is 4.52 Å². The molecule has 0 bridgehead atoms. The van der Waals surface area contributed by atoms with Crippen molar-refractivity contribution in [2.24, 2.45) is 0 Å². The number of halogens is 1. The largest absolute Gasteiger partial charge is 0.321 e. The van der Waals surface area contributed by atoms with E-state index in [1.807, 2.05) is 13.0 Å². The van der Waals surface area contributed by atoms with Gasteiger partial charge in [-0.05, 0) is 24.6 Å². The molecule has 0 unspecified atom stereocenters. The molecular weight excluding hydrogens is 192 g/mol. The standard InChI is InChI=1S/C7H7ClN4O/c1-2-12-5(3-4-9-12)6-10-7(8)13-11-6/h3-4H,2H2,1H3. The maximum absolute atomic E-state index is 5.50. The van der Waals surface area contributed by atoms with Crippen LogP contribution in [-0.4, -0.2) is 19.9 Å². The second kappa shape index (κ2) is 3.18. The smallest absolute Gasteiger partial charge is 0.320 e. The fourth-order valence-corrected chi connectivity index (χ4v) is 1.20. The van der Waals surface area contributed by atoms with E-state index >= 15 is 0 Å². The summed E-state index contributed by atoms with van der Waals surface area (Å²) in [5, 5.41) is 7.80. The Morgan fingerprint density at radius 1 is 1.62 bits per heavy atom. The molecule has 2 heterocycles. The fourth-order valence-electron chi connectivity index (χ4n) is 1.08. The molecule has 13 heavy (non-hydrogen) atoms. The zero-order chi connectivity index (χ0) is 9.26. The van der Waals surface area contributed by atoms with Crippen molar-refractivity contribution in [3.05, 3.63) is 17.6 Å². The van der Waals surface area contributed by atoms with Gasteiger partial charge in [0.1, 0.15) is 5.69 Å². The van der Waals surface area contributed by atoms with Gasteiger partial charge in [0.15, 0.2) is 0 Å². The van der Waals surface area contributed by atoms with E-state index in [-0.39, 0.29) is 5.35 Å². The van der Waals surface area contributed by atoms with Crippen LogP contribution in [0.2, 0.25) is 5.35 Å². The first-order valence-electron chi connectivity index (χ1n) is 3.82. The second-order valence-electron chi connectivity index (χ2n) is 2.40. The van der Waals surface area contributed by atoms with E-state index in [4.69, 9.17) is 11.6 Å². The minimum absolute atomic E-state index is 0.0406. The van der Waals surface area contributed by atoms with Crippen LogP contribution in [-0.2, 0) is 6.54 Å². The Hall–Kier alpha value is -1.36. The van der Waals surface area contributed by atoms with Gasteiger partial charge in [0, 0.05) is 12.7 Å². The highest BCUT2D eigenvalue weighted by molar-refractivity contribution is 6.27. The zero-order valence-corrected chi connectivity index (χ0v) is 7.69. The molecule has 0 aromatic carbocycles. The van der Waals surface area contributed by atoms with Crippen molar-refractivity contribution in [3.63, 3.8) is 0 Å². The van der Waals surface area contributed by atoms with Gasteiger partial charge in [0.05, 0.1) is 0 Å². The first-order valence-corrected chi connectivity index (χ1v) is 4.20. The molecule has 2 rings (SSSR count). The van der Waals surface area contributed by atoms with Crippen LogP contribution < -0.4 is 0 Å². The molecule has 2 aromatic rings. The molecule has 0 spiro atoms. The monoisotopic (exact) mass is 198 g/mol. The minimum Gasteiger partial charge on any atom is -0.321 e. The van der Waals surface area contributed by atoms with Crippen LogP contribution in [0.5, 0.6) is 0 Å². The number of nitrogens with zero attached hydrogens (tertiary/aromatic N) is 4. The Bertz CT molecular complexity index is 408. The lowest BCUT2D eigenvalue weighted by molar-refractivity contribution is 0.420. The lowest BCUT2D eigenvalue weighted by Crippen LogP contribution is -1.99. The molecule has 0 aliphatic heterocycles. The van der Waals surface area contributed by atoms with Crippen LogP contribution in [0.3, 0.4) is 0 Å². The Kier molecular flexibility index (Phi) is 2.02. The average molecular weight is 199 g/mol. The van der Waals surface area contributed by atoms with Gasteiger partial charge < -0.3 is 4.52 Å². The lowest BCUT2D eigenvalue weighted by Gasteiger charge is -1.97. The van der Waals surface area contributed by atoms with Gasteiger partial charge in [-0.1, -0.05) is 5.16 Å². The van der Waals surface area contributed by atoms with E-state index in [2.05, 4.69) is 19.8 Å². The van der Waals surface area contributed by atoms with Gasteiger partial charge in [-0.25, -0.2) is 0 Å². The molecule has 2 aromatic heterocycles. The van der Waals surface area contributed by atoms with Crippen LogP contribution >= 0.6 is 11.6 Å². The SMILES string of the molecule is CCn1nccc1-c1noc(Cl)n1. The maximum atomic E-state index is 5.50. The predicted molar refractivity (Wildman–Crippen MR) is 46.2 cm³/mol. The number of aromatic nitrogens is 4. The quantitative estimate of drug-likeness (QED) is 0.736. The van der Waals surface area contributed by atoms with E-state index in [1.165, 1.54) is 0 Å². The normalized spacial score (nSPS) is 10.6. The third kappa shape index (κ3) is 1.42. The van der Waals surface area contributed by atoms with Gasteiger partial charge in [0.2, 0.25) is 5.82 Å². The molecule has 0 radical (unpaired) electrons. The molecule has 0 saturated carbocycles. The highest BCUT2D eigenvalue weighted by Crippen LogP contribution is 2.16. The van der Waals surface area contributed by atoms with Gasteiger partial charge in [-0.3, -0.25) is 4.68 Å². The van der Waals surface area contributed by atoms with Crippen molar-refractivity contribution in [3.8, 4) is 11.5 Å². The molecule has 0 saturated heterocycles. The van der Waals surface area contributed by atoms with E-state index in [9.17, 15) is 0 Å². The molecule has 0 N–H and O–H groups in total. The first kappa shape index (κ1) is 8.25. The summed E-state index contributed by atoms with van der Waals surface area (Å²) in [6, 6.07) is 1.81. The Morgan fingerprint density at radius 2 is 2.46 bits per heavy atom. The summed E-state index contributed by atoms with van der Waals surface area (Å²) in [4.78, 5) is 3.89. The Morgan fingerprint density at radius 3 is 3.08 bits per heavy atom. The maximum Gasteiger partial charge on any atom is 0.320 e. The van der Waals surface area contributed by atoms with Gasteiger partial charge in [-0.2, -0.15) is 10.1 Å². The number of hydrogen-bond donors (Lipinski definition) is 0. The van der Waals surface area contributed by atoms with Crippen LogP contribution in [0, 0.1) is 0 Å². The van der Waals surface area contributed by atoms with Crippen LogP contribution in [0.4, 0.5) is 0 Å². The molecule has 0 fully saturated rings. The van der Waals surface area contributed by atoms with Crippen LogP contribution in [0.1, 0.15) is 6.92 Å². The highest BCUT2D eigenvalue weighted by Gasteiger charge is 2.10. The zero-order valence-electron chi connectivity index (χ0n) is 6.94. The summed E-state index contributed by atoms with van der Waals surface area (Å²) in [5.41, 5.74) is 0.804. The highest BCUT2D eigenvalue weighted by atomic mass is 35.5. The third-order valence-electron chi connectivity index (χ3n) is 1.65. The average Bonchev–Trinajstić information content (AvgIpc) is 2.71. The summed E-state index contributed by atoms with van der Waals surface area (Å²) in [7, 11) is 0. The van der Waals surface area contributed by atoms with Crippen LogP contribution in [0.15, 0.2) is 16.8 Å². The summed E-state index contributed by atoms with van der Waals surface area (Å²) in [6.07, 6.45) is 1.68. The van der Waals surface area contributed by atoms with E-state index in [1.54, 1.807) is 10.9 Å². The summed E-state index contributed by atoms with van der Waals surface area (Å²) in [6.45, 7) is 2.74. The summed E-state index contributed by atoms with van der Waals surface area (Å²) in [5.74, 6) is 0.462. The lowest BCUT2D eigenvalue weighted by atomic mass is 10.4. The van der Waals surface area contributed by atoms with Crippen molar-refractivity contribution in [2.45, 2.75) is 13.5 Å². The van der Waals surface area contributed by atoms with Gasteiger partial charge in [-0.15, -0.1) is 0 Å².